The highest BCUT2D eigenvalue weighted by Crippen LogP contribution is 2.17. The van der Waals surface area contributed by atoms with E-state index in [1.807, 2.05) is 31.4 Å². The number of carboxylic acid groups (broad SMARTS) is 1. The fraction of sp³-hybridized carbons (Fsp3) is 0.281. The molecule has 0 aliphatic carbocycles. The van der Waals surface area contributed by atoms with Crippen molar-refractivity contribution in [2.45, 2.75) is 19.8 Å². The molecule has 0 saturated heterocycles. The Kier molecular flexibility index (Phi) is 13.2. The zero-order valence-electron chi connectivity index (χ0n) is 24.7. The van der Waals surface area contributed by atoms with Crippen molar-refractivity contribution in [1.82, 2.24) is 9.80 Å². The summed E-state index contributed by atoms with van der Waals surface area (Å²) in [5, 5.41) is 17.5. The summed E-state index contributed by atoms with van der Waals surface area (Å²) in [6.45, 7) is 1.42. The SMILES string of the molecule is CSCCCN(CC(=O)Nc1ccc(NC(=O)Nc2ccccc2C)cc1)C(=O)CN(CCC(=O)O)C(=O)c1ccccc1. The maximum atomic E-state index is 13.4. The standard InChI is InChI=1S/C32H37N5O6S/c1-23-9-6-7-12-27(23)35-32(43)34-26-15-13-25(14-16-26)33-28(38)21-36(18-8-20-44-2)29(39)22-37(19-17-30(40)41)31(42)24-10-4-3-5-11-24/h3-7,9-16H,8,17-22H2,1-2H3,(H,33,38)(H,40,41)(H2,34,35,43). The fourth-order valence-electron chi connectivity index (χ4n) is 4.21. The highest BCUT2D eigenvalue weighted by Gasteiger charge is 2.24. The fourth-order valence-corrected chi connectivity index (χ4v) is 4.63. The predicted octanol–water partition coefficient (Wildman–Crippen LogP) is 4.78. The van der Waals surface area contributed by atoms with Crippen LogP contribution in [0.15, 0.2) is 78.9 Å². The van der Waals surface area contributed by atoms with Crippen LogP contribution in [0.2, 0.25) is 0 Å². The van der Waals surface area contributed by atoms with Gasteiger partial charge in [0, 0.05) is 35.7 Å². The number of rotatable bonds is 15. The third kappa shape index (κ3) is 11.1. The molecule has 0 saturated carbocycles. The topological polar surface area (TPSA) is 148 Å². The van der Waals surface area contributed by atoms with Gasteiger partial charge in [0.1, 0.15) is 6.54 Å². The molecule has 44 heavy (non-hydrogen) atoms. The van der Waals surface area contributed by atoms with Gasteiger partial charge in [-0.15, -0.1) is 0 Å². The molecule has 3 aromatic rings. The number of thioether (sulfide) groups is 1. The molecule has 4 N–H and O–H groups in total. The highest BCUT2D eigenvalue weighted by molar-refractivity contribution is 7.98. The average Bonchev–Trinajstić information content (AvgIpc) is 3.01. The van der Waals surface area contributed by atoms with Crippen molar-refractivity contribution < 1.29 is 29.1 Å². The van der Waals surface area contributed by atoms with Crippen molar-refractivity contribution >= 4 is 58.5 Å². The molecule has 0 bridgehead atoms. The van der Waals surface area contributed by atoms with Gasteiger partial charge in [-0.25, -0.2) is 4.79 Å². The third-order valence-corrected chi connectivity index (χ3v) is 7.21. The number of hydrogen-bond acceptors (Lipinski definition) is 6. The molecule has 232 valence electrons. The number of aryl methyl sites for hydroxylation is 1. The van der Waals surface area contributed by atoms with Crippen LogP contribution in [0.5, 0.6) is 0 Å². The van der Waals surface area contributed by atoms with E-state index in [-0.39, 0.29) is 32.6 Å². The van der Waals surface area contributed by atoms with E-state index < -0.39 is 29.7 Å². The molecule has 12 heteroatoms. The molecular weight excluding hydrogens is 582 g/mol. The minimum atomic E-state index is -1.09. The highest BCUT2D eigenvalue weighted by atomic mass is 32.2. The molecule has 0 aliphatic rings. The second-order valence-corrected chi connectivity index (χ2v) is 10.9. The number of carbonyl (C=O) groups excluding carboxylic acids is 4. The Bertz CT molecular complexity index is 1430. The van der Waals surface area contributed by atoms with Crippen LogP contribution < -0.4 is 16.0 Å². The van der Waals surface area contributed by atoms with E-state index in [1.54, 1.807) is 72.4 Å². The maximum Gasteiger partial charge on any atom is 0.323 e. The van der Waals surface area contributed by atoms with Crippen molar-refractivity contribution in [3.63, 3.8) is 0 Å². The number of benzene rings is 3. The van der Waals surface area contributed by atoms with Gasteiger partial charge in [0.05, 0.1) is 13.0 Å². The quantitative estimate of drug-likeness (QED) is 0.179. The molecule has 0 fully saturated rings. The van der Waals surface area contributed by atoms with E-state index in [0.717, 1.165) is 11.3 Å². The molecule has 0 aliphatic heterocycles. The molecule has 0 heterocycles. The number of hydrogen-bond donors (Lipinski definition) is 4. The molecule has 3 rings (SSSR count). The minimum absolute atomic E-state index is 0.150. The van der Waals surface area contributed by atoms with E-state index in [0.29, 0.717) is 29.0 Å². The lowest BCUT2D eigenvalue weighted by Gasteiger charge is -2.27. The number of amides is 5. The molecule has 5 amide bonds. The zero-order valence-corrected chi connectivity index (χ0v) is 25.6. The van der Waals surface area contributed by atoms with Gasteiger partial charge in [-0.05, 0) is 73.4 Å². The first-order chi connectivity index (χ1) is 21.2. The summed E-state index contributed by atoms with van der Waals surface area (Å²) in [6, 6.07) is 21.9. The number of carboxylic acids is 1. The van der Waals surface area contributed by atoms with E-state index in [2.05, 4.69) is 16.0 Å². The monoisotopic (exact) mass is 619 g/mol. The second-order valence-electron chi connectivity index (χ2n) is 9.92. The van der Waals surface area contributed by atoms with E-state index >= 15 is 0 Å². The van der Waals surface area contributed by atoms with Gasteiger partial charge in [-0.2, -0.15) is 11.8 Å². The second kappa shape index (κ2) is 17.3. The summed E-state index contributed by atoms with van der Waals surface area (Å²) in [5.74, 6) is -1.69. The van der Waals surface area contributed by atoms with Crippen molar-refractivity contribution in [3.8, 4) is 0 Å². The van der Waals surface area contributed by atoms with Crippen molar-refractivity contribution in [1.29, 1.82) is 0 Å². The number of carbonyl (C=O) groups is 5. The molecule has 0 radical (unpaired) electrons. The normalized spacial score (nSPS) is 10.4. The van der Waals surface area contributed by atoms with Crippen LogP contribution in [0.3, 0.4) is 0 Å². The van der Waals surface area contributed by atoms with Gasteiger partial charge in [0.2, 0.25) is 11.8 Å². The van der Waals surface area contributed by atoms with Crippen molar-refractivity contribution in [2.24, 2.45) is 0 Å². The van der Waals surface area contributed by atoms with Gasteiger partial charge >= 0.3 is 12.0 Å². The molecule has 0 aromatic heterocycles. The molecule has 0 spiro atoms. The van der Waals surface area contributed by atoms with Gasteiger partial charge in [-0.1, -0.05) is 36.4 Å². The number of urea groups is 1. The minimum Gasteiger partial charge on any atom is -0.481 e. The lowest BCUT2D eigenvalue weighted by Crippen LogP contribution is -2.46. The third-order valence-electron chi connectivity index (χ3n) is 6.51. The number of anilines is 3. The Morgan fingerprint density at radius 3 is 2.02 bits per heavy atom. The van der Waals surface area contributed by atoms with E-state index in [9.17, 15) is 29.1 Å². The van der Waals surface area contributed by atoms with Crippen LogP contribution >= 0.6 is 11.8 Å². The summed E-state index contributed by atoms with van der Waals surface area (Å²) in [6.07, 6.45) is 2.25. The number of para-hydroxylation sites is 1. The number of nitrogens with zero attached hydrogens (tertiary/aromatic N) is 2. The zero-order chi connectivity index (χ0) is 31.9. The summed E-state index contributed by atoms with van der Waals surface area (Å²) in [5.41, 5.74) is 2.95. The summed E-state index contributed by atoms with van der Waals surface area (Å²) < 4.78 is 0. The molecule has 3 aromatic carbocycles. The number of aliphatic carboxylic acids is 1. The van der Waals surface area contributed by atoms with Crippen LogP contribution in [0, 0.1) is 6.92 Å². The van der Waals surface area contributed by atoms with E-state index in [4.69, 9.17) is 0 Å². The molecule has 0 unspecified atom stereocenters. The van der Waals surface area contributed by atoms with Crippen LogP contribution in [0.25, 0.3) is 0 Å². The maximum absolute atomic E-state index is 13.4. The van der Waals surface area contributed by atoms with E-state index in [1.165, 1.54) is 9.80 Å². The summed E-state index contributed by atoms with van der Waals surface area (Å²) in [7, 11) is 0. The average molecular weight is 620 g/mol. The first-order valence-electron chi connectivity index (χ1n) is 14.0. The molecule has 11 nitrogen and oxygen atoms in total. The first-order valence-corrected chi connectivity index (χ1v) is 15.4. The predicted molar refractivity (Wildman–Crippen MR) is 173 cm³/mol. The van der Waals surface area contributed by atoms with Gasteiger partial charge < -0.3 is 30.9 Å². The van der Waals surface area contributed by atoms with Crippen molar-refractivity contribution in [3.05, 3.63) is 90.0 Å². The first kappa shape index (κ1) is 33.7. The Morgan fingerprint density at radius 2 is 1.39 bits per heavy atom. The largest absolute Gasteiger partial charge is 0.481 e. The van der Waals surface area contributed by atoms with Gasteiger partial charge in [-0.3, -0.25) is 19.2 Å². The number of nitrogens with one attached hydrogen (secondary N) is 3. The Balaban J connectivity index is 1.62. The summed E-state index contributed by atoms with van der Waals surface area (Å²) >= 11 is 1.61. The van der Waals surface area contributed by atoms with Crippen LogP contribution in [0.4, 0.5) is 21.9 Å². The molecule has 0 atom stereocenters. The Morgan fingerprint density at radius 1 is 0.750 bits per heavy atom. The van der Waals surface area contributed by atoms with Crippen LogP contribution in [-0.4, -0.2) is 82.8 Å². The van der Waals surface area contributed by atoms with Crippen LogP contribution in [-0.2, 0) is 14.4 Å². The Hall–Kier alpha value is -4.84. The molecular formula is C32H37N5O6S. The summed E-state index contributed by atoms with van der Waals surface area (Å²) in [4.78, 5) is 65.6. The smallest absolute Gasteiger partial charge is 0.323 e. The lowest BCUT2D eigenvalue weighted by atomic mass is 10.2. The van der Waals surface area contributed by atoms with Crippen molar-refractivity contribution in [2.75, 3.05) is 54.1 Å². The Labute approximate surface area is 261 Å². The van der Waals surface area contributed by atoms with Crippen LogP contribution in [0.1, 0.15) is 28.8 Å². The van der Waals surface area contributed by atoms with Gasteiger partial charge in [0.25, 0.3) is 5.91 Å². The lowest BCUT2D eigenvalue weighted by molar-refractivity contribution is -0.138. The van der Waals surface area contributed by atoms with Gasteiger partial charge in [0.15, 0.2) is 0 Å².